The van der Waals surface area contributed by atoms with E-state index in [0.717, 1.165) is 10.9 Å². The van der Waals surface area contributed by atoms with Gasteiger partial charge in [-0.15, -0.1) is 0 Å². The van der Waals surface area contributed by atoms with Gasteiger partial charge in [0.25, 0.3) is 0 Å². The quantitative estimate of drug-likeness (QED) is 0.798. The van der Waals surface area contributed by atoms with Gasteiger partial charge in [-0.2, -0.15) is 4.98 Å². The monoisotopic (exact) mass is 286 g/mol. The third kappa shape index (κ3) is 2.48. The van der Waals surface area contributed by atoms with Gasteiger partial charge in [-0.05, 0) is 18.2 Å². The molecule has 6 heteroatoms. The van der Waals surface area contributed by atoms with Crippen molar-refractivity contribution >= 4 is 28.5 Å². The average Bonchev–Trinajstić information content (AvgIpc) is 2.49. The van der Waals surface area contributed by atoms with Crippen LogP contribution in [0.2, 0.25) is 5.02 Å². The van der Waals surface area contributed by atoms with E-state index in [2.05, 4.69) is 20.3 Å². The molecule has 2 heterocycles. The van der Waals surface area contributed by atoms with Crippen molar-refractivity contribution in [3.05, 3.63) is 47.7 Å². The number of pyridine rings is 1. The maximum absolute atomic E-state index is 6.03. The molecule has 0 aliphatic rings. The predicted octanol–water partition coefficient (Wildman–Crippen LogP) is 3.51. The van der Waals surface area contributed by atoms with Gasteiger partial charge in [-0.1, -0.05) is 17.7 Å². The van der Waals surface area contributed by atoms with Crippen LogP contribution >= 0.6 is 11.6 Å². The highest BCUT2D eigenvalue weighted by atomic mass is 35.5. The van der Waals surface area contributed by atoms with E-state index < -0.39 is 0 Å². The lowest BCUT2D eigenvalue weighted by atomic mass is 10.2. The summed E-state index contributed by atoms with van der Waals surface area (Å²) in [6, 6.07) is 9.51. The Balaban J connectivity index is 1.96. The lowest BCUT2D eigenvalue weighted by molar-refractivity contribution is 0.463. The summed E-state index contributed by atoms with van der Waals surface area (Å²) in [6.07, 6.45) is 3.23. The Morgan fingerprint density at radius 3 is 2.95 bits per heavy atom. The van der Waals surface area contributed by atoms with Crippen LogP contribution in [0, 0.1) is 0 Å². The van der Waals surface area contributed by atoms with E-state index in [1.54, 1.807) is 13.2 Å². The van der Waals surface area contributed by atoms with Crippen LogP contribution in [0.5, 0.6) is 11.6 Å². The first-order chi connectivity index (χ1) is 9.76. The van der Waals surface area contributed by atoms with E-state index in [1.165, 1.54) is 6.20 Å². The van der Waals surface area contributed by atoms with Gasteiger partial charge in [0.15, 0.2) is 0 Å². The summed E-state index contributed by atoms with van der Waals surface area (Å²) in [5, 5.41) is 4.23. The van der Waals surface area contributed by atoms with Crippen LogP contribution in [-0.4, -0.2) is 22.0 Å². The molecule has 0 bridgehead atoms. The molecule has 2 aromatic heterocycles. The Kier molecular flexibility index (Phi) is 3.35. The molecule has 0 spiro atoms. The summed E-state index contributed by atoms with van der Waals surface area (Å²) in [4.78, 5) is 12.5. The van der Waals surface area contributed by atoms with Crippen molar-refractivity contribution in [2.75, 3.05) is 12.4 Å². The number of hydrogen-bond donors (Lipinski definition) is 1. The molecule has 0 fully saturated rings. The van der Waals surface area contributed by atoms with E-state index in [0.29, 0.717) is 22.6 Å². The highest BCUT2D eigenvalue weighted by Crippen LogP contribution is 2.28. The molecule has 0 saturated carbocycles. The molecule has 20 heavy (non-hydrogen) atoms. The molecular formula is C14H11ClN4O. The first-order valence-corrected chi connectivity index (χ1v) is 6.37. The second kappa shape index (κ2) is 5.30. The lowest BCUT2D eigenvalue weighted by Gasteiger charge is -2.08. The van der Waals surface area contributed by atoms with Crippen LogP contribution in [-0.2, 0) is 0 Å². The number of nitrogens with zero attached hydrogens (tertiary/aromatic N) is 3. The normalized spacial score (nSPS) is 10.5. The number of anilines is 1. The number of ether oxygens (including phenoxy) is 1. The molecule has 0 radical (unpaired) electrons. The molecule has 0 unspecified atom stereocenters. The van der Waals surface area contributed by atoms with Crippen LogP contribution in [0.25, 0.3) is 10.9 Å². The Morgan fingerprint density at radius 1 is 1.20 bits per heavy atom. The molecule has 3 rings (SSSR count). The van der Waals surface area contributed by atoms with E-state index in [-0.39, 0.29) is 0 Å². The van der Waals surface area contributed by atoms with Crippen molar-refractivity contribution in [3.63, 3.8) is 0 Å². The smallest absolute Gasteiger partial charge is 0.243 e. The van der Waals surface area contributed by atoms with Gasteiger partial charge >= 0.3 is 0 Å². The molecule has 5 nitrogen and oxygen atoms in total. The fourth-order valence-electron chi connectivity index (χ4n) is 1.76. The van der Waals surface area contributed by atoms with Crippen molar-refractivity contribution in [2.24, 2.45) is 0 Å². The van der Waals surface area contributed by atoms with Crippen molar-refractivity contribution in [1.82, 2.24) is 15.0 Å². The fourth-order valence-corrected chi connectivity index (χ4v) is 1.89. The topological polar surface area (TPSA) is 59.9 Å². The van der Waals surface area contributed by atoms with E-state index in [9.17, 15) is 0 Å². The van der Waals surface area contributed by atoms with E-state index in [1.807, 2.05) is 30.3 Å². The Bertz CT molecular complexity index is 763. The maximum Gasteiger partial charge on any atom is 0.243 e. The van der Waals surface area contributed by atoms with Crippen molar-refractivity contribution < 1.29 is 4.74 Å². The number of nitrogens with one attached hydrogen (secondary N) is 1. The summed E-state index contributed by atoms with van der Waals surface area (Å²) in [5.41, 5.74) is 0.851. The zero-order valence-corrected chi connectivity index (χ0v) is 11.4. The summed E-state index contributed by atoms with van der Waals surface area (Å²) in [7, 11) is 1.73. The first kappa shape index (κ1) is 12.6. The van der Waals surface area contributed by atoms with Crippen LogP contribution in [0.15, 0.2) is 42.7 Å². The minimum absolute atomic E-state index is 0.307. The van der Waals surface area contributed by atoms with Gasteiger partial charge in [0.1, 0.15) is 10.8 Å². The third-order valence-corrected chi connectivity index (χ3v) is 2.99. The molecular weight excluding hydrogens is 276 g/mol. The molecule has 0 amide bonds. The molecule has 1 aromatic carbocycles. The number of aromatic nitrogens is 3. The summed E-state index contributed by atoms with van der Waals surface area (Å²) >= 11 is 6.03. The van der Waals surface area contributed by atoms with Gasteiger partial charge in [0.05, 0.1) is 11.7 Å². The average molecular weight is 287 g/mol. The Hall–Kier alpha value is -2.40. The number of halogens is 1. The van der Waals surface area contributed by atoms with Crippen LogP contribution in [0.4, 0.5) is 5.95 Å². The number of fused-ring (bicyclic) bond motifs is 1. The Labute approximate surface area is 120 Å². The van der Waals surface area contributed by atoms with Gasteiger partial charge in [0, 0.05) is 24.7 Å². The molecule has 100 valence electrons. The second-order valence-corrected chi connectivity index (χ2v) is 4.46. The molecule has 3 aromatic rings. The molecule has 0 atom stereocenters. The second-order valence-electron chi connectivity index (χ2n) is 4.06. The summed E-state index contributed by atoms with van der Waals surface area (Å²) < 4.78 is 5.70. The zero-order valence-electron chi connectivity index (χ0n) is 10.7. The molecule has 1 N–H and O–H groups in total. The SMILES string of the molecule is CNc1ncc(Cl)c(Oc2ccc3cccnc3c2)n1. The van der Waals surface area contributed by atoms with Crippen molar-refractivity contribution in [1.29, 1.82) is 0 Å². The molecule has 0 saturated heterocycles. The standard InChI is InChI=1S/C14H11ClN4O/c1-16-14-18-8-11(15)13(19-14)20-10-5-4-9-3-2-6-17-12(9)7-10/h2-8H,1H3,(H,16,18,19). The molecule has 0 aliphatic carbocycles. The van der Waals surface area contributed by atoms with Crippen molar-refractivity contribution in [2.45, 2.75) is 0 Å². The van der Waals surface area contributed by atoms with Crippen LogP contribution in [0.3, 0.4) is 0 Å². The van der Waals surface area contributed by atoms with Gasteiger partial charge in [-0.25, -0.2) is 4.98 Å². The van der Waals surface area contributed by atoms with Gasteiger partial charge < -0.3 is 10.1 Å². The minimum Gasteiger partial charge on any atom is -0.437 e. The number of rotatable bonds is 3. The number of benzene rings is 1. The van der Waals surface area contributed by atoms with E-state index in [4.69, 9.17) is 16.3 Å². The fraction of sp³-hybridized carbons (Fsp3) is 0.0714. The molecule has 0 aliphatic heterocycles. The summed E-state index contributed by atoms with van der Waals surface area (Å²) in [6.45, 7) is 0. The Morgan fingerprint density at radius 2 is 2.10 bits per heavy atom. The van der Waals surface area contributed by atoms with Crippen molar-refractivity contribution in [3.8, 4) is 11.6 Å². The van der Waals surface area contributed by atoms with Gasteiger partial charge in [0.2, 0.25) is 11.8 Å². The van der Waals surface area contributed by atoms with Gasteiger partial charge in [-0.3, -0.25) is 4.98 Å². The highest BCUT2D eigenvalue weighted by molar-refractivity contribution is 6.31. The lowest BCUT2D eigenvalue weighted by Crippen LogP contribution is -1.98. The third-order valence-electron chi connectivity index (χ3n) is 2.73. The highest BCUT2D eigenvalue weighted by Gasteiger charge is 2.08. The minimum atomic E-state index is 0.307. The van der Waals surface area contributed by atoms with E-state index >= 15 is 0 Å². The summed E-state index contributed by atoms with van der Waals surface area (Å²) in [5.74, 6) is 1.38. The zero-order chi connectivity index (χ0) is 13.9. The first-order valence-electron chi connectivity index (χ1n) is 5.99. The van der Waals surface area contributed by atoms with Crippen LogP contribution in [0.1, 0.15) is 0 Å². The number of hydrogen-bond acceptors (Lipinski definition) is 5. The van der Waals surface area contributed by atoms with Crippen LogP contribution < -0.4 is 10.1 Å². The predicted molar refractivity (Wildman–Crippen MR) is 78.4 cm³/mol. The maximum atomic E-state index is 6.03. The largest absolute Gasteiger partial charge is 0.437 e.